The van der Waals surface area contributed by atoms with Crippen molar-refractivity contribution in [1.29, 1.82) is 0 Å². The Bertz CT molecular complexity index is 789. The minimum atomic E-state index is -1.23. The number of aromatic amines is 1. The van der Waals surface area contributed by atoms with Crippen LogP contribution in [0.15, 0.2) is 12.5 Å². The molecule has 0 aliphatic heterocycles. The number of rotatable bonds is 15. The summed E-state index contributed by atoms with van der Waals surface area (Å²) < 4.78 is 0. The van der Waals surface area contributed by atoms with Gasteiger partial charge >= 0.3 is 5.97 Å². The van der Waals surface area contributed by atoms with Crippen molar-refractivity contribution in [3.8, 4) is 0 Å². The molecule has 0 aromatic carbocycles. The van der Waals surface area contributed by atoms with E-state index < -0.39 is 54.3 Å². The zero-order chi connectivity index (χ0) is 24.1. The fourth-order valence-corrected chi connectivity index (χ4v) is 3.09. The molecule has 0 aliphatic carbocycles. The van der Waals surface area contributed by atoms with Gasteiger partial charge in [-0.15, -0.1) is 0 Å². The third kappa shape index (κ3) is 10.3. The molecule has 14 heteroatoms. The number of carboxylic acids is 1. The Morgan fingerprint density at radius 2 is 1.78 bits per heavy atom. The maximum atomic E-state index is 12.8. The number of carbonyl (C=O) groups is 5. The van der Waals surface area contributed by atoms with E-state index in [0.717, 1.165) is 0 Å². The molecule has 178 valence electrons. The summed E-state index contributed by atoms with van der Waals surface area (Å²) in [5, 5.41) is 15.9. The van der Waals surface area contributed by atoms with E-state index in [1.807, 2.05) is 6.26 Å². The highest BCUT2D eigenvalue weighted by Gasteiger charge is 2.28. The Morgan fingerprint density at radius 3 is 2.34 bits per heavy atom. The number of nitrogens with zero attached hydrogens (tertiary/aromatic N) is 1. The number of hydrogen-bond donors (Lipinski definition) is 7. The van der Waals surface area contributed by atoms with Crippen LogP contribution in [0.3, 0.4) is 0 Å². The van der Waals surface area contributed by atoms with E-state index in [9.17, 15) is 24.0 Å². The van der Waals surface area contributed by atoms with E-state index in [2.05, 4.69) is 25.9 Å². The van der Waals surface area contributed by atoms with Crippen LogP contribution in [-0.2, 0) is 30.4 Å². The first kappa shape index (κ1) is 26.9. The van der Waals surface area contributed by atoms with Gasteiger partial charge in [-0.05, 0) is 24.9 Å². The van der Waals surface area contributed by atoms with Crippen LogP contribution in [0.1, 0.15) is 25.0 Å². The summed E-state index contributed by atoms with van der Waals surface area (Å²) in [5.74, 6) is -3.42. The molecule has 1 aromatic rings. The lowest BCUT2D eigenvalue weighted by molar-refractivity contribution is -0.138. The maximum Gasteiger partial charge on any atom is 0.322 e. The zero-order valence-corrected chi connectivity index (χ0v) is 18.4. The summed E-state index contributed by atoms with van der Waals surface area (Å²) in [6, 6.07) is -3.20. The second-order valence-corrected chi connectivity index (χ2v) is 7.89. The van der Waals surface area contributed by atoms with Crippen molar-refractivity contribution in [3.05, 3.63) is 18.2 Å². The van der Waals surface area contributed by atoms with Crippen LogP contribution >= 0.6 is 11.8 Å². The molecule has 0 radical (unpaired) electrons. The van der Waals surface area contributed by atoms with Crippen LogP contribution in [0.25, 0.3) is 0 Å². The summed E-state index contributed by atoms with van der Waals surface area (Å²) in [6.07, 6.45) is 4.84. The summed E-state index contributed by atoms with van der Waals surface area (Å²) in [6.45, 7) is -0.602. The highest BCUT2D eigenvalue weighted by Crippen LogP contribution is 2.05. The lowest BCUT2D eigenvalue weighted by atomic mass is 10.1. The van der Waals surface area contributed by atoms with E-state index in [1.165, 1.54) is 24.3 Å². The molecular weight excluding hydrogens is 442 g/mol. The highest BCUT2D eigenvalue weighted by atomic mass is 32.2. The number of amides is 4. The van der Waals surface area contributed by atoms with Gasteiger partial charge in [-0.2, -0.15) is 11.8 Å². The number of aliphatic carboxylic acids is 1. The molecule has 1 heterocycles. The Kier molecular flexibility index (Phi) is 11.8. The summed E-state index contributed by atoms with van der Waals surface area (Å²) in [4.78, 5) is 66.1. The third-order valence-electron chi connectivity index (χ3n) is 4.30. The van der Waals surface area contributed by atoms with Crippen molar-refractivity contribution in [1.82, 2.24) is 25.9 Å². The summed E-state index contributed by atoms with van der Waals surface area (Å²) in [5.41, 5.74) is 11.7. The Hall–Kier alpha value is -3.13. The molecule has 32 heavy (non-hydrogen) atoms. The van der Waals surface area contributed by atoms with Crippen LogP contribution in [0, 0.1) is 0 Å². The number of carbonyl (C=O) groups excluding carboxylic acids is 4. The predicted octanol–water partition coefficient (Wildman–Crippen LogP) is -2.53. The van der Waals surface area contributed by atoms with Crippen molar-refractivity contribution in [3.63, 3.8) is 0 Å². The molecule has 0 aliphatic rings. The Balaban J connectivity index is 2.84. The van der Waals surface area contributed by atoms with E-state index in [0.29, 0.717) is 11.4 Å². The molecule has 1 aromatic heterocycles. The minimum Gasteiger partial charge on any atom is -0.480 e. The maximum absolute atomic E-state index is 12.8. The standard InChI is InChI=1S/C18H29N7O6S/c1-32-5-4-13(17(30)22-8-15(27)28)25-18(31)12(2-3-14(20)26)24-16(29)11(19)6-10-7-21-9-23-10/h7,9,11-13H,2-6,8,19H2,1H3,(H2,20,26)(H,21,23)(H,22,30)(H,24,29)(H,25,31)(H,27,28). The average Bonchev–Trinajstić information content (AvgIpc) is 3.24. The normalized spacial score (nSPS) is 13.4. The number of primary amides is 1. The fourth-order valence-electron chi connectivity index (χ4n) is 2.62. The number of H-pyrrole nitrogens is 1. The highest BCUT2D eigenvalue weighted by molar-refractivity contribution is 7.98. The molecule has 4 amide bonds. The zero-order valence-electron chi connectivity index (χ0n) is 17.6. The van der Waals surface area contributed by atoms with Crippen LogP contribution < -0.4 is 27.4 Å². The Labute approximate surface area is 188 Å². The van der Waals surface area contributed by atoms with E-state index >= 15 is 0 Å². The molecule has 9 N–H and O–H groups in total. The fraction of sp³-hybridized carbons (Fsp3) is 0.556. The van der Waals surface area contributed by atoms with Crippen LogP contribution in [0.2, 0.25) is 0 Å². The molecule has 0 bridgehead atoms. The topological polar surface area (TPSA) is 222 Å². The molecule has 0 saturated heterocycles. The van der Waals surface area contributed by atoms with Gasteiger partial charge in [0, 0.05) is 24.7 Å². The third-order valence-corrected chi connectivity index (χ3v) is 4.95. The number of nitrogens with one attached hydrogen (secondary N) is 4. The van der Waals surface area contributed by atoms with Gasteiger partial charge in [0.15, 0.2) is 0 Å². The second kappa shape index (κ2) is 14.0. The van der Waals surface area contributed by atoms with Crippen LogP contribution in [0.4, 0.5) is 0 Å². The van der Waals surface area contributed by atoms with Crippen molar-refractivity contribution in [2.45, 2.75) is 43.8 Å². The SMILES string of the molecule is CSCCC(NC(=O)C(CCC(N)=O)NC(=O)C(N)Cc1cnc[nH]1)C(=O)NCC(=O)O. The van der Waals surface area contributed by atoms with E-state index in [-0.39, 0.29) is 25.7 Å². The number of carboxylic acid groups (broad SMARTS) is 1. The summed E-state index contributed by atoms with van der Waals surface area (Å²) >= 11 is 1.43. The predicted molar refractivity (Wildman–Crippen MR) is 116 cm³/mol. The lowest BCUT2D eigenvalue weighted by Gasteiger charge is -2.23. The first-order chi connectivity index (χ1) is 15.1. The smallest absolute Gasteiger partial charge is 0.322 e. The Morgan fingerprint density at radius 1 is 1.12 bits per heavy atom. The number of aromatic nitrogens is 2. The van der Waals surface area contributed by atoms with Gasteiger partial charge in [0.25, 0.3) is 0 Å². The molecule has 0 spiro atoms. The molecular formula is C18H29N7O6S. The number of nitrogens with two attached hydrogens (primary N) is 2. The lowest BCUT2D eigenvalue weighted by Crippen LogP contribution is -2.56. The first-order valence-corrected chi connectivity index (χ1v) is 11.1. The molecule has 13 nitrogen and oxygen atoms in total. The first-order valence-electron chi connectivity index (χ1n) is 9.74. The van der Waals surface area contributed by atoms with Gasteiger partial charge < -0.3 is 37.5 Å². The van der Waals surface area contributed by atoms with Gasteiger partial charge in [0.1, 0.15) is 18.6 Å². The van der Waals surface area contributed by atoms with Gasteiger partial charge in [0.2, 0.25) is 23.6 Å². The van der Waals surface area contributed by atoms with Crippen LogP contribution in [-0.4, -0.2) is 81.4 Å². The average molecular weight is 472 g/mol. The van der Waals surface area contributed by atoms with E-state index in [1.54, 1.807) is 0 Å². The van der Waals surface area contributed by atoms with Gasteiger partial charge in [-0.3, -0.25) is 24.0 Å². The number of thioether (sulfide) groups is 1. The largest absolute Gasteiger partial charge is 0.480 e. The van der Waals surface area contributed by atoms with Crippen LogP contribution in [0.5, 0.6) is 0 Å². The number of imidazole rings is 1. The monoisotopic (exact) mass is 471 g/mol. The second-order valence-electron chi connectivity index (χ2n) is 6.91. The molecule has 3 atom stereocenters. The van der Waals surface area contributed by atoms with Gasteiger partial charge in [0.05, 0.1) is 12.4 Å². The minimum absolute atomic E-state index is 0.102. The van der Waals surface area contributed by atoms with Crippen molar-refractivity contribution < 1.29 is 29.1 Å². The van der Waals surface area contributed by atoms with Crippen molar-refractivity contribution in [2.24, 2.45) is 11.5 Å². The van der Waals surface area contributed by atoms with Crippen molar-refractivity contribution >= 4 is 41.4 Å². The van der Waals surface area contributed by atoms with Gasteiger partial charge in [-0.1, -0.05) is 0 Å². The van der Waals surface area contributed by atoms with E-state index in [4.69, 9.17) is 16.6 Å². The van der Waals surface area contributed by atoms with Crippen molar-refractivity contribution in [2.75, 3.05) is 18.6 Å². The van der Waals surface area contributed by atoms with Gasteiger partial charge in [-0.25, -0.2) is 4.98 Å². The summed E-state index contributed by atoms with van der Waals surface area (Å²) in [7, 11) is 0. The molecule has 3 unspecified atom stereocenters. The molecule has 1 rings (SSSR count). The number of hydrogen-bond acceptors (Lipinski definition) is 8. The quantitative estimate of drug-likeness (QED) is 0.143. The molecule has 0 saturated carbocycles. The molecule has 0 fully saturated rings.